The molecule has 0 aliphatic heterocycles. The fraction of sp³-hybridized carbons (Fsp3) is 0.611. The number of carbonyl (C=O) groups excluding carboxylic acids is 1. The molecule has 0 amide bonds. The first-order valence-electron chi connectivity index (χ1n) is 7.86. The first-order valence-corrected chi connectivity index (χ1v) is 7.86. The summed E-state index contributed by atoms with van der Waals surface area (Å²) in [6.45, 7) is 6.90. The molecule has 1 aromatic rings. The highest BCUT2D eigenvalue weighted by atomic mass is 16.6. The topological polar surface area (TPSA) is 35.5 Å². The van der Waals surface area contributed by atoms with Crippen LogP contribution in [0.2, 0.25) is 0 Å². The van der Waals surface area contributed by atoms with Crippen molar-refractivity contribution in [3.63, 3.8) is 0 Å². The SMILES string of the molecule is CCCc1ccccc1C(=O)OC(CCC(C)C)COC. The average Bonchev–Trinajstić information content (AvgIpc) is 2.45. The van der Waals surface area contributed by atoms with Gasteiger partial charge >= 0.3 is 5.97 Å². The van der Waals surface area contributed by atoms with Crippen LogP contribution < -0.4 is 0 Å². The smallest absolute Gasteiger partial charge is 0.338 e. The van der Waals surface area contributed by atoms with E-state index in [2.05, 4.69) is 20.8 Å². The van der Waals surface area contributed by atoms with Gasteiger partial charge in [-0.25, -0.2) is 4.79 Å². The molecule has 0 radical (unpaired) electrons. The van der Waals surface area contributed by atoms with Gasteiger partial charge in [0.25, 0.3) is 0 Å². The molecule has 0 bridgehead atoms. The monoisotopic (exact) mass is 292 g/mol. The summed E-state index contributed by atoms with van der Waals surface area (Å²) in [5.41, 5.74) is 1.75. The molecule has 0 saturated heterocycles. The van der Waals surface area contributed by atoms with Crippen molar-refractivity contribution < 1.29 is 14.3 Å². The van der Waals surface area contributed by atoms with E-state index in [1.807, 2.05) is 24.3 Å². The van der Waals surface area contributed by atoms with Crippen LogP contribution in [0.4, 0.5) is 0 Å². The predicted octanol–water partition coefficient (Wildman–Crippen LogP) is 4.25. The van der Waals surface area contributed by atoms with E-state index in [9.17, 15) is 4.79 Å². The second kappa shape index (κ2) is 9.56. The van der Waals surface area contributed by atoms with Gasteiger partial charge < -0.3 is 9.47 Å². The van der Waals surface area contributed by atoms with Gasteiger partial charge in [-0.2, -0.15) is 0 Å². The Morgan fingerprint density at radius 1 is 1.19 bits per heavy atom. The summed E-state index contributed by atoms with van der Waals surface area (Å²) in [4.78, 5) is 12.4. The van der Waals surface area contributed by atoms with E-state index < -0.39 is 0 Å². The van der Waals surface area contributed by atoms with Crippen LogP contribution >= 0.6 is 0 Å². The van der Waals surface area contributed by atoms with E-state index in [1.54, 1.807) is 7.11 Å². The summed E-state index contributed by atoms with van der Waals surface area (Å²) >= 11 is 0. The van der Waals surface area contributed by atoms with Gasteiger partial charge in [0.15, 0.2) is 0 Å². The molecule has 0 aliphatic rings. The van der Waals surface area contributed by atoms with Crippen LogP contribution in [-0.2, 0) is 15.9 Å². The molecular formula is C18H28O3. The zero-order chi connectivity index (χ0) is 15.7. The molecule has 1 aromatic carbocycles. The third-order valence-electron chi connectivity index (χ3n) is 3.45. The van der Waals surface area contributed by atoms with Crippen molar-refractivity contribution in [3.05, 3.63) is 35.4 Å². The first-order chi connectivity index (χ1) is 10.1. The van der Waals surface area contributed by atoms with Gasteiger partial charge in [-0.3, -0.25) is 0 Å². The van der Waals surface area contributed by atoms with Gasteiger partial charge in [0.05, 0.1) is 12.2 Å². The summed E-state index contributed by atoms with van der Waals surface area (Å²) in [6, 6.07) is 7.70. The minimum absolute atomic E-state index is 0.167. The molecule has 0 saturated carbocycles. The number of aryl methyl sites for hydroxylation is 1. The summed E-state index contributed by atoms with van der Waals surface area (Å²) in [5, 5.41) is 0. The van der Waals surface area contributed by atoms with Crippen LogP contribution in [0, 0.1) is 5.92 Å². The number of esters is 1. The van der Waals surface area contributed by atoms with E-state index in [4.69, 9.17) is 9.47 Å². The predicted molar refractivity (Wildman–Crippen MR) is 85.6 cm³/mol. The summed E-state index contributed by atoms with van der Waals surface area (Å²) in [7, 11) is 1.64. The van der Waals surface area contributed by atoms with Gasteiger partial charge in [0.2, 0.25) is 0 Å². The van der Waals surface area contributed by atoms with Gasteiger partial charge in [-0.1, -0.05) is 45.4 Å². The zero-order valence-corrected chi connectivity index (χ0v) is 13.7. The van der Waals surface area contributed by atoms with Crippen LogP contribution in [0.1, 0.15) is 56.0 Å². The normalized spacial score (nSPS) is 12.4. The molecular weight excluding hydrogens is 264 g/mol. The maximum Gasteiger partial charge on any atom is 0.338 e. The summed E-state index contributed by atoms with van der Waals surface area (Å²) in [5.74, 6) is 0.361. The van der Waals surface area contributed by atoms with E-state index in [-0.39, 0.29) is 12.1 Å². The van der Waals surface area contributed by atoms with Gasteiger partial charge in [-0.05, 0) is 36.8 Å². The van der Waals surface area contributed by atoms with Crippen molar-refractivity contribution in [2.24, 2.45) is 5.92 Å². The summed E-state index contributed by atoms with van der Waals surface area (Å²) < 4.78 is 10.8. The number of hydrogen-bond acceptors (Lipinski definition) is 3. The molecule has 1 atom stereocenters. The van der Waals surface area contributed by atoms with Crippen molar-refractivity contribution in [3.8, 4) is 0 Å². The maximum atomic E-state index is 12.4. The molecule has 118 valence electrons. The largest absolute Gasteiger partial charge is 0.456 e. The number of hydrogen-bond donors (Lipinski definition) is 0. The van der Waals surface area contributed by atoms with Crippen LogP contribution in [-0.4, -0.2) is 25.8 Å². The minimum atomic E-state index is -0.232. The Morgan fingerprint density at radius 3 is 2.52 bits per heavy atom. The molecule has 0 fully saturated rings. The third-order valence-corrected chi connectivity index (χ3v) is 3.45. The molecule has 21 heavy (non-hydrogen) atoms. The Bertz CT molecular complexity index is 426. The summed E-state index contributed by atoms with van der Waals surface area (Å²) in [6.07, 6.45) is 3.61. The molecule has 0 aliphatic carbocycles. The molecule has 3 heteroatoms. The van der Waals surface area contributed by atoms with Crippen molar-refractivity contribution in [1.82, 2.24) is 0 Å². The number of ether oxygens (including phenoxy) is 2. The van der Waals surface area contributed by atoms with E-state index in [1.165, 1.54) is 0 Å². The molecule has 0 aromatic heterocycles. The molecule has 0 N–H and O–H groups in total. The Labute approximate surface area is 128 Å². The highest BCUT2D eigenvalue weighted by Gasteiger charge is 2.18. The lowest BCUT2D eigenvalue weighted by Crippen LogP contribution is -2.24. The van der Waals surface area contributed by atoms with E-state index >= 15 is 0 Å². The second-order valence-corrected chi connectivity index (χ2v) is 5.86. The highest BCUT2D eigenvalue weighted by Crippen LogP contribution is 2.16. The third kappa shape index (κ3) is 6.30. The average molecular weight is 292 g/mol. The molecule has 0 heterocycles. The standard InChI is InChI=1S/C18H28O3/c1-5-8-15-9-6-7-10-17(15)18(19)21-16(13-20-4)12-11-14(2)3/h6-7,9-10,14,16H,5,8,11-13H2,1-4H3. The lowest BCUT2D eigenvalue weighted by molar-refractivity contribution is 0.00146. The minimum Gasteiger partial charge on any atom is -0.456 e. The second-order valence-electron chi connectivity index (χ2n) is 5.86. The molecule has 3 nitrogen and oxygen atoms in total. The van der Waals surface area contributed by atoms with Crippen molar-refractivity contribution in [2.75, 3.05) is 13.7 Å². The fourth-order valence-corrected chi connectivity index (χ4v) is 2.30. The van der Waals surface area contributed by atoms with Crippen molar-refractivity contribution in [2.45, 2.75) is 52.6 Å². The number of methoxy groups -OCH3 is 1. The van der Waals surface area contributed by atoms with Crippen molar-refractivity contribution in [1.29, 1.82) is 0 Å². The zero-order valence-electron chi connectivity index (χ0n) is 13.7. The quantitative estimate of drug-likeness (QED) is 0.638. The lowest BCUT2D eigenvalue weighted by Gasteiger charge is -2.19. The lowest BCUT2D eigenvalue weighted by atomic mass is 10.0. The highest BCUT2D eigenvalue weighted by molar-refractivity contribution is 5.91. The van der Waals surface area contributed by atoms with Crippen molar-refractivity contribution >= 4 is 5.97 Å². The molecule has 1 rings (SSSR count). The van der Waals surface area contributed by atoms with E-state index in [0.29, 0.717) is 18.1 Å². The number of carbonyl (C=O) groups is 1. The van der Waals surface area contributed by atoms with Crippen LogP contribution in [0.5, 0.6) is 0 Å². The van der Waals surface area contributed by atoms with Crippen LogP contribution in [0.25, 0.3) is 0 Å². The van der Waals surface area contributed by atoms with Crippen LogP contribution in [0.15, 0.2) is 24.3 Å². The van der Waals surface area contributed by atoms with E-state index in [0.717, 1.165) is 31.2 Å². The van der Waals surface area contributed by atoms with Gasteiger partial charge in [-0.15, -0.1) is 0 Å². The fourth-order valence-electron chi connectivity index (χ4n) is 2.30. The van der Waals surface area contributed by atoms with Gasteiger partial charge in [0.1, 0.15) is 6.10 Å². The molecule has 1 unspecified atom stereocenters. The Kier molecular flexibility index (Phi) is 8.06. The first kappa shape index (κ1) is 17.7. The maximum absolute atomic E-state index is 12.4. The number of rotatable bonds is 9. The Balaban J connectivity index is 2.72. The Morgan fingerprint density at radius 2 is 1.90 bits per heavy atom. The van der Waals surface area contributed by atoms with Gasteiger partial charge in [0, 0.05) is 7.11 Å². The number of benzene rings is 1. The van der Waals surface area contributed by atoms with Crippen LogP contribution in [0.3, 0.4) is 0 Å². The molecule has 0 spiro atoms. The Hall–Kier alpha value is -1.35.